The summed E-state index contributed by atoms with van der Waals surface area (Å²) in [5.41, 5.74) is 5.90. The van der Waals surface area contributed by atoms with Gasteiger partial charge in [0.1, 0.15) is 0 Å². The van der Waals surface area contributed by atoms with Crippen LogP contribution in [0.4, 0.5) is 5.69 Å². The molecule has 0 aliphatic heterocycles. The van der Waals surface area contributed by atoms with E-state index in [1.165, 1.54) is 12.1 Å². The molecular formula is C9H11Cl2NO3. The summed E-state index contributed by atoms with van der Waals surface area (Å²) in [4.78, 5) is 0. The van der Waals surface area contributed by atoms with Crippen molar-refractivity contribution in [3.8, 4) is 5.75 Å². The minimum Gasteiger partial charge on any atom is -0.462 e. The number of ether oxygens (including phenoxy) is 1. The molecule has 0 saturated heterocycles. The number of benzene rings is 1. The van der Waals surface area contributed by atoms with Gasteiger partial charge in [-0.3, -0.25) is 0 Å². The maximum atomic E-state index is 9.29. The summed E-state index contributed by atoms with van der Waals surface area (Å²) in [5, 5.41) is 18.3. The van der Waals surface area contributed by atoms with Gasteiger partial charge in [-0.1, -0.05) is 23.2 Å². The van der Waals surface area contributed by atoms with Gasteiger partial charge in [-0.15, -0.1) is 0 Å². The van der Waals surface area contributed by atoms with Crippen molar-refractivity contribution < 1.29 is 14.9 Å². The molecule has 0 aliphatic rings. The van der Waals surface area contributed by atoms with Gasteiger partial charge in [-0.2, -0.15) is 0 Å². The van der Waals surface area contributed by atoms with E-state index in [1.54, 1.807) is 0 Å². The van der Waals surface area contributed by atoms with Crippen molar-refractivity contribution in [2.45, 2.75) is 12.7 Å². The van der Waals surface area contributed by atoms with E-state index < -0.39 is 6.29 Å². The number of aliphatic hydroxyl groups excluding tert-OH is 2. The van der Waals surface area contributed by atoms with Gasteiger partial charge in [0.2, 0.25) is 0 Å². The second-order valence-electron chi connectivity index (χ2n) is 2.90. The van der Waals surface area contributed by atoms with E-state index in [9.17, 15) is 5.11 Å². The molecule has 0 amide bonds. The minimum atomic E-state index is -1.14. The molecular weight excluding hydrogens is 241 g/mol. The Bertz CT molecular complexity index is 323. The van der Waals surface area contributed by atoms with E-state index in [2.05, 4.69) is 0 Å². The van der Waals surface area contributed by atoms with Crippen LogP contribution >= 0.6 is 23.2 Å². The van der Waals surface area contributed by atoms with Gasteiger partial charge in [-0.25, -0.2) is 0 Å². The Hall–Kier alpha value is -0.680. The van der Waals surface area contributed by atoms with Crippen molar-refractivity contribution in [2.75, 3.05) is 12.3 Å². The minimum absolute atomic E-state index is 0.0804. The second-order valence-corrected chi connectivity index (χ2v) is 3.71. The molecule has 1 unspecified atom stereocenters. The van der Waals surface area contributed by atoms with Crippen molar-refractivity contribution in [2.24, 2.45) is 0 Å². The third-order valence-corrected chi connectivity index (χ3v) is 2.21. The van der Waals surface area contributed by atoms with Crippen LogP contribution in [-0.2, 0) is 0 Å². The first kappa shape index (κ1) is 12.4. The van der Waals surface area contributed by atoms with Gasteiger partial charge in [0, 0.05) is 18.7 Å². The van der Waals surface area contributed by atoms with Gasteiger partial charge >= 0.3 is 0 Å². The molecule has 0 spiro atoms. The molecule has 1 aromatic rings. The molecule has 15 heavy (non-hydrogen) atoms. The van der Waals surface area contributed by atoms with E-state index in [4.69, 9.17) is 38.8 Å². The maximum absolute atomic E-state index is 9.29. The Morgan fingerprint density at radius 2 is 1.87 bits per heavy atom. The van der Waals surface area contributed by atoms with Gasteiger partial charge in [-0.05, 0) is 12.1 Å². The van der Waals surface area contributed by atoms with Gasteiger partial charge < -0.3 is 20.7 Å². The van der Waals surface area contributed by atoms with E-state index in [0.29, 0.717) is 5.69 Å². The molecule has 0 aliphatic carbocycles. The monoisotopic (exact) mass is 251 g/mol. The van der Waals surface area contributed by atoms with Gasteiger partial charge in [0.25, 0.3) is 0 Å². The first-order valence-electron chi connectivity index (χ1n) is 4.24. The van der Waals surface area contributed by atoms with Crippen LogP contribution in [0.15, 0.2) is 12.1 Å². The third-order valence-electron chi connectivity index (χ3n) is 1.65. The predicted octanol–water partition coefficient (Wildman–Crippen LogP) is 1.66. The number of halogens is 2. The lowest BCUT2D eigenvalue weighted by molar-refractivity contribution is -0.0325. The van der Waals surface area contributed by atoms with Crippen LogP contribution in [0.2, 0.25) is 10.0 Å². The average Bonchev–Trinajstić information content (AvgIpc) is 2.11. The summed E-state index contributed by atoms with van der Waals surface area (Å²) in [7, 11) is 0. The molecule has 0 radical (unpaired) electrons. The van der Waals surface area contributed by atoms with Crippen molar-refractivity contribution in [3.63, 3.8) is 0 Å². The van der Waals surface area contributed by atoms with Crippen LogP contribution in [-0.4, -0.2) is 23.1 Å². The fourth-order valence-corrected chi connectivity index (χ4v) is 1.59. The molecule has 0 heterocycles. The van der Waals surface area contributed by atoms with Crippen molar-refractivity contribution in [3.05, 3.63) is 22.2 Å². The smallest absolute Gasteiger partial charge is 0.199 e. The topological polar surface area (TPSA) is 75.7 Å². The highest BCUT2D eigenvalue weighted by molar-refractivity contribution is 6.37. The Balaban J connectivity index is 2.85. The average molecular weight is 252 g/mol. The molecule has 0 saturated carbocycles. The van der Waals surface area contributed by atoms with Crippen molar-refractivity contribution >= 4 is 28.9 Å². The van der Waals surface area contributed by atoms with Gasteiger partial charge in [0.15, 0.2) is 12.0 Å². The van der Waals surface area contributed by atoms with Crippen LogP contribution < -0.4 is 10.5 Å². The first-order chi connectivity index (χ1) is 7.04. The van der Waals surface area contributed by atoms with E-state index >= 15 is 0 Å². The normalized spacial score (nSPS) is 12.5. The van der Waals surface area contributed by atoms with Crippen LogP contribution in [0.3, 0.4) is 0 Å². The highest BCUT2D eigenvalue weighted by Gasteiger charge is 2.13. The van der Waals surface area contributed by atoms with Crippen LogP contribution in [0, 0.1) is 0 Å². The zero-order chi connectivity index (χ0) is 11.4. The highest BCUT2D eigenvalue weighted by Crippen LogP contribution is 2.35. The molecule has 0 fully saturated rings. The highest BCUT2D eigenvalue weighted by atomic mass is 35.5. The quantitative estimate of drug-likeness (QED) is 0.562. The molecule has 84 valence electrons. The molecule has 4 N–H and O–H groups in total. The molecule has 0 aromatic heterocycles. The van der Waals surface area contributed by atoms with Crippen LogP contribution in [0.25, 0.3) is 0 Å². The maximum Gasteiger partial charge on any atom is 0.199 e. The Kier molecular flexibility index (Phi) is 4.47. The predicted molar refractivity (Wildman–Crippen MR) is 59.2 cm³/mol. The second kappa shape index (κ2) is 5.42. The fourth-order valence-electron chi connectivity index (χ4n) is 0.997. The molecule has 1 atom stereocenters. The number of aliphatic hydroxyl groups is 2. The SMILES string of the molecule is Nc1cc(Cl)c(OC(O)CCO)c(Cl)c1. The number of hydrogen-bond donors (Lipinski definition) is 3. The van der Waals surface area contributed by atoms with Crippen molar-refractivity contribution in [1.82, 2.24) is 0 Å². The standard InChI is InChI=1S/C9H11Cl2NO3/c10-6-3-5(12)4-7(11)9(6)15-8(14)1-2-13/h3-4,8,13-14H,1-2,12H2. The number of hydrogen-bond acceptors (Lipinski definition) is 4. The summed E-state index contributed by atoms with van der Waals surface area (Å²) in [6.07, 6.45) is -1.06. The number of nitrogens with two attached hydrogens (primary N) is 1. The van der Waals surface area contributed by atoms with Crippen molar-refractivity contribution in [1.29, 1.82) is 0 Å². The molecule has 1 aromatic carbocycles. The lowest BCUT2D eigenvalue weighted by Crippen LogP contribution is -2.17. The summed E-state index contributed by atoms with van der Waals surface area (Å²) < 4.78 is 5.05. The zero-order valence-corrected chi connectivity index (χ0v) is 9.29. The van der Waals surface area contributed by atoms with Crippen LogP contribution in [0.5, 0.6) is 5.75 Å². The van der Waals surface area contributed by atoms with E-state index in [0.717, 1.165) is 0 Å². The summed E-state index contributed by atoms with van der Waals surface area (Å²) in [5.74, 6) is 0.161. The molecule has 4 nitrogen and oxygen atoms in total. The first-order valence-corrected chi connectivity index (χ1v) is 5.00. The Morgan fingerprint density at radius 1 is 1.33 bits per heavy atom. The molecule has 1 rings (SSSR count). The Labute approximate surface area is 97.2 Å². The number of rotatable bonds is 4. The lowest BCUT2D eigenvalue weighted by Gasteiger charge is -2.15. The number of nitrogen functional groups attached to an aromatic ring is 1. The lowest BCUT2D eigenvalue weighted by atomic mass is 10.3. The van der Waals surface area contributed by atoms with Crippen LogP contribution in [0.1, 0.15) is 6.42 Å². The summed E-state index contributed by atoms with van der Waals surface area (Å²) in [6, 6.07) is 2.93. The summed E-state index contributed by atoms with van der Waals surface area (Å²) >= 11 is 11.6. The number of anilines is 1. The molecule has 0 bridgehead atoms. The van der Waals surface area contributed by atoms with E-state index in [1.807, 2.05) is 0 Å². The zero-order valence-electron chi connectivity index (χ0n) is 7.78. The fraction of sp³-hybridized carbons (Fsp3) is 0.333. The molecule has 6 heteroatoms. The summed E-state index contributed by atoms with van der Waals surface area (Å²) in [6.45, 7) is -0.189. The largest absolute Gasteiger partial charge is 0.462 e. The Morgan fingerprint density at radius 3 is 2.33 bits per heavy atom. The third kappa shape index (κ3) is 3.43. The van der Waals surface area contributed by atoms with E-state index in [-0.39, 0.29) is 28.8 Å². The van der Waals surface area contributed by atoms with Gasteiger partial charge in [0.05, 0.1) is 10.0 Å².